The fraction of sp³-hybridized carbons (Fsp3) is 0.286. The topological polar surface area (TPSA) is 46.9 Å². The second kappa shape index (κ2) is 5.60. The van der Waals surface area contributed by atoms with Gasteiger partial charge < -0.3 is 5.32 Å². The van der Waals surface area contributed by atoms with Crippen LogP contribution in [0.15, 0.2) is 47.4 Å². The zero-order valence-electron chi connectivity index (χ0n) is 10.6. The van der Waals surface area contributed by atoms with Crippen LogP contribution in [-0.4, -0.2) is 16.8 Å². The van der Waals surface area contributed by atoms with Crippen LogP contribution in [0.3, 0.4) is 0 Å². The highest BCUT2D eigenvalue weighted by Crippen LogP contribution is 2.12. The maximum absolute atomic E-state index is 11.8. The average molecular weight is 243 g/mol. The standard InChI is InChI=1S/C14H17N3O/c1-11-8-14(18)17(16-9-11)10-13(15-2)12-6-4-3-5-7-12/h3-9,13,15H,10H2,1-2H3. The van der Waals surface area contributed by atoms with E-state index in [1.165, 1.54) is 4.68 Å². The Morgan fingerprint density at radius 1 is 1.33 bits per heavy atom. The van der Waals surface area contributed by atoms with Crippen molar-refractivity contribution in [1.82, 2.24) is 15.1 Å². The highest BCUT2D eigenvalue weighted by Gasteiger charge is 2.10. The summed E-state index contributed by atoms with van der Waals surface area (Å²) >= 11 is 0. The first kappa shape index (κ1) is 12.5. The first-order valence-corrected chi connectivity index (χ1v) is 5.96. The first-order valence-electron chi connectivity index (χ1n) is 5.96. The van der Waals surface area contributed by atoms with Crippen molar-refractivity contribution in [3.63, 3.8) is 0 Å². The molecule has 0 amide bonds. The molecular formula is C14H17N3O. The van der Waals surface area contributed by atoms with Gasteiger partial charge in [-0.1, -0.05) is 30.3 Å². The number of aromatic nitrogens is 2. The third kappa shape index (κ3) is 2.84. The first-order chi connectivity index (χ1) is 8.70. The number of nitrogens with one attached hydrogen (secondary N) is 1. The highest BCUT2D eigenvalue weighted by molar-refractivity contribution is 5.18. The van der Waals surface area contributed by atoms with E-state index in [1.807, 2.05) is 44.3 Å². The molecule has 0 aliphatic rings. The highest BCUT2D eigenvalue weighted by atomic mass is 16.1. The Morgan fingerprint density at radius 2 is 2.06 bits per heavy atom. The molecule has 4 nitrogen and oxygen atoms in total. The van der Waals surface area contributed by atoms with Crippen LogP contribution in [0.2, 0.25) is 0 Å². The molecule has 1 heterocycles. The van der Waals surface area contributed by atoms with Crippen LogP contribution >= 0.6 is 0 Å². The van der Waals surface area contributed by atoms with Crippen molar-refractivity contribution in [2.24, 2.45) is 0 Å². The van der Waals surface area contributed by atoms with E-state index in [4.69, 9.17) is 0 Å². The Balaban J connectivity index is 2.23. The molecule has 1 N–H and O–H groups in total. The minimum atomic E-state index is -0.0637. The molecule has 1 unspecified atom stereocenters. The smallest absolute Gasteiger partial charge is 0.267 e. The molecule has 1 atom stereocenters. The van der Waals surface area contributed by atoms with E-state index in [-0.39, 0.29) is 11.6 Å². The number of nitrogens with zero attached hydrogens (tertiary/aromatic N) is 2. The van der Waals surface area contributed by atoms with Gasteiger partial charge in [-0.2, -0.15) is 5.10 Å². The maximum atomic E-state index is 11.8. The number of benzene rings is 1. The van der Waals surface area contributed by atoms with E-state index in [1.54, 1.807) is 12.3 Å². The lowest BCUT2D eigenvalue weighted by Crippen LogP contribution is -2.30. The van der Waals surface area contributed by atoms with Gasteiger partial charge in [-0.15, -0.1) is 0 Å². The second-order valence-electron chi connectivity index (χ2n) is 4.31. The third-order valence-electron chi connectivity index (χ3n) is 2.91. The molecule has 94 valence electrons. The van der Waals surface area contributed by atoms with Gasteiger partial charge in [0.2, 0.25) is 0 Å². The van der Waals surface area contributed by atoms with Crippen LogP contribution in [0, 0.1) is 6.92 Å². The molecule has 0 fully saturated rings. The number of hydrogen-bond donors (Lipinski definition) is 1. The molecule has 0 bridgehead atoms. The summed E-state index contributed by atoms with van der Waals surface area (Å²) < 4.78 is 1.49. The van der Waals surface area contributed by atoms with Gasteiger partial charge in [-0.05, 0) is 25.1 Å². The monoisotopic (exact) mass is 243 g/mol. The molecule has 0 aliphatic heterocycles. The number of aryl methyl sites for hydroxylation is 1. The second-order valence-corrected chi connectivity index (χ2v) is 4.31. The minimum Gasteiger partial charge on any atom is -0.311 e. The minimum absolute atomic E-state index is 0.0637. The number of rotatable bonds is 4. The van der Waals surface area contributed by atoms with Crippen LogP contribution in [0.1, 0.15) is 17.2 Å². The molecule has 4 heteroatoms. The third-order valence-corrected chi connectivity index (χ3v) is 2.91. The molecule has 0 saturated carbocycles. The summed E-state index contributed by atoms with van der Waals surface area (Å²) in [6.07, 6.45) is 1.71. The Kier molecular flexibility index (Phi) is 3.89. The van der Waals surface area contributed by atoms with Crippen molar-refractivity contribution in [3.05, 3.63) is 64.1 Å². The quantitative estimate of drug-likeness (QED) is 0.885. The van der Waals surface area contributed by atoms with Crippen molar-refractivity contribution < 1.29 is 0 Å². The zero-order valence-corrected chi connectivity index (χ0v) is 10.6. The van der Waals surface area contributed by atoms with Crippen LogP contribution in [0.5, 0.6) is 0 Å². The summed E-state index contributed by atoms with van der Waals surface area (Å²) in [5.41, 5.74) is 1.97. The normalized spacial score (nSPS) is 12.3. The van der Waals surface area contributed by atoms with Gasteiger partial charge in [0, 0.05) is 6.07 Å². The van der Waals surface area contributed by atoms with Crippen molar-refractivity contribution in [3.8, 4) is 0 Å². The largest absolute Gasteiger partial charge is 0.311 e. The summed E-state index contributed by atoms with van der Waals surface area (Å²) in [7, 11) is 1.89. The molecule has 0 saturated heterocycles. The van der Waals surface area contributed by atoms with E-state index in [9.17, 15) is 4.79 Å². The molecule has 0 aliphatic carbocycles. The van der Waals surface area contributed by atoms with Gasteiger partial charge in [0.05, 0.1) is 18.8 Å². The molecule has 18 heavy (non-hydrogen) atoms. The summed E-state index contributed by atoms with van der Waals surface area (Å²) in [5, 5.41) is 7.36. The predicted octanol–water partition coefficient (Wildman–Crippen LogP) is 1.51. The van der Waals surface area contributed by atoms with Gasteiger partial charge >= 0.3 is 0 Å². The Hall–Kier alpha value is -1.94. The van der Waals surface area contributed by atoms with E-state index < -0.39 is 0 Å². The SMILES string of the molecule is CNC(Cn1ncc(C)cc1=O)c1ccccc1. The maximum Gasteiger partial charge on any atom is 0.267 e. The van der Waals surface area contributed by atoms with Crippen molar-refractivity contribution >= 4 is 0 Å². The molecule has 1 aromatic heterocycles. The van der Waals surface area contributed by atoms with Crippen molar-refractivity contribution in [2.75, 3.05) is 7.05 Å². The lowest BCUT2D eigenvalue weighted by Gasteiger charge is -2.17. The molecule has 0 spiro atoms. The summed E-state index contributed by atoms with van der Waals surface area (Å²) in [6, 6.07) is 11.7. The van der Waals surface area contributed by atoms with E-state index in [2.05, 4.69) is 10.4 Å². The van der Waals surface area contributed by atoms with Crippen molar-refractivity contribution in [2.45, 2.75) is 19.5 Å². The van der Waals surface area contributed by atoms with E-state index in [0.29, 0.717) is 6.54 Å². The summed E-state index contributed by atoms with van der Waals surface area (Å²) in [4.78, 5) is 11.8. The summed E-state index contributed by atoms with van der Waals surface area (Å²) in [6.45, 7) is 2.39. The van der Waals surface area contributed by atoms with Gasteiger partial charge in [0.15, 0.2) is 0 Å². The van der Waals surface area contributed by atoms with Gasteiger partial charge in [-0.25, -0.2) is 4.68 Å². The molecule has 1 aromatic carbocycles. The van der Waals surface area contributed by atoms with Crippen LogP contribution in [0.25, 0.3) is 0 Å². The Bertz CT molecular complexity index is 563. The zero-order chi connectivity index (χ0) is 13.0. The molecule has 0 radical (unpaired) electrons. The molecule has 2 aromatic rings. The van der Waals surface area contributed by atoms with E-state index in [0.717, 1.165) is 11.1 Å². The molecular weight excluding hydrogens is 226 g/mol. The Morgan fingerprint density at radius 3 is 2.67 bits per heavy atom. The van der Waals surface area contributed by atoms with Crippen molar-refractivity contribution in [1.29, 1.82) is 0 Å². The van der Waals surface area contributed by atoms with E-state index >= 15 is 0 Å². The predicted molar refractivity (Wildman–Crippen MR) is 71.5 cm³/mol. The number of likely N-dealkylation sites (N-methyl/N-ethyl adjacent to an activating group) is 1. The van der Waals surface area contributed by atoms with Gasteiger partial charge in [0.25, 0.3) is 5.56 Å². The fourth-order valence-electron chi connectivity index (χ4n) is 1.88. The lowest BCUT2D eigenvalue weighted by atomic mass is 10.1. The number of hydrogen-bond acceptors (Lipinski definition) is 3. The lowest BCUT2D eigenvalue weighted by molar-refractivity contribution is 0.451. The summed E-state index contributed by atoms with van der Waals surface area (Å²) in [5.74, 6) is 0. The molecule has 2 rings (SSSR count). The van der Waals surface area contributed by atoms with Crippen LogP contribution < -0.4 is 10.9 Å². The fourth-order valence-corrected chi connectivity index (χ4v) is 1.88. The van der Waals surface area contributed by atoms with Gasteiger partial charge in [-0.3, -0.25) is 4.79 Å². The Labute approximate surface area is 106 Å². The average Bonchev–Trinajstić information content (AvgIpc) is 2.39. The van der Waals surface area contributed by atoms with Crippen LogP contribution in [-0.2, 0) is 6.54 Å². The van der Waals surface area contributed by atoms with Crippen LogP contribution in [0.4, 0.5) is 0 Å². The van der Waals surface area contributed by atoms with Gasteiger partial charge in [0.1, 0.15) is 0 Å².